The van der Waals surface area contributed by atoms with Gasteiger partial charge < -0.3 is 9.84 Å². The van der Waals surface area contributed by atoms with Crippen LogP contribution in [0.25, 0.3) is 16.7 Å². The van der Waals surface area contributed by atoms with Gasteiger partial charge in [-0.3, -0.25) is 4.79 Å². The van der Waals surface area contributed by atoms with E-state index < -0.39 is 15.3 Å². The van der Waals surface area contributed by atoms with Gasteiger partial charge in [0, 0.05) is 12.0 Å². The number of rotatable bonds is 13. The van der Waals surface area contributed by atoms with Crippen molar-refractivity contribution in [3.05, 3.63) is 71.8 Å². The molecular formula is C33H41N3O5S. The largest absolute Gasteiger partial charge is 0.505 e. The van der Waals surface area contributed by atoms with Crippen molar-refractivity contribution in [1.82, 2.24) is 15.0 Å². The van der Waals surface area contributed by atoms with E-state index in [9.17, 15) is 18.3 Å². The van der Waals surface area contributed by atoms with Crippen molar-refractivity contribution in [2.75, 3.05) is 6.61 Å². The van der Waals surface area contributed by atoms with Gasteiger partial charge in [-0.2, -0.15) is 0 Å². The quantitative estimate of drug-likeness (QED) is 0.130. The Hall–Kier alpha value is -3.72. The lowest BCUT2D eigenvalue weighted by atomic mass is 9.84. The third-order valence-corrected chi connectivity index (χ3v) is 9.07. The van der Waals surface area contributed by atoms with Gasteiger partial charge in [-0.15, -0.1) is 15.0 Å². The molecule has 1 N–H and O–H groups in total. The molecular weight excluding hydrogens is 550 g/mol. The predicted molar refractivity (Wildman–Crippen MR) is 164 cm³/mol. The average molecular weight is 592 g/mol. The summed E-state index contributed by atoms with van der Waals surface area (Å²) < 4.78 is 32.3. The number of hydrogen-bond acceptors (Lipinski definition) is 7. The summed E-state index contributed by atoms with van der Waals surface area (Å²) in [5, 5.41) is 20.4. The van der Waals surface area contributed by atoms with Crippen LogP contribution in [0, 0.1) is 0 Å². The zero-order valence-electron chi connectivity index (χ0n) is 25.0. The number of phenols is 1. The monoisotopic (exact) mass is 591 g/mol. The molecule has 42 heavy (non-hydrogen) atoms. The first-order chi connectivity index (χ1) is 20.0. The fourth-order valence-corrected chi connectivity index (χ4v) is 6.32. The summed E-state index contributed by atoms with van der Waals surface area (Å²) in [5.74, 6) is -0.251. The molecule has 0 spiro atoms. The Labute approximate surface area is 248 Å². The number of phenolic OH excluding ortho intramolecular Hbond substituents is 1. The molecule has 224 valence electrons. The highest BCUT2D eigenvalue weighted by Crippen LogP contribution is 2.37. The first-order valence-corrected chi connectivity index (χ1v) is 16.2. The van der Waals surface area contributed by atoms with Crippen LogP contribution in [-0.4, -0.2) is 41.1 Å². The molecule has 0 bridgehead atoms. The van der Waals surface area contributed by atoms with Gasteiger partial charge in [-0.05, 0) is 54.2 Å². The summed E-state index contributed by atoms with van der Waals surface area (Å²) >= 11 is 0. The molecule has 9 heteroatoms. The minimum atomic E-state index is -3.85. The van der Waals surface area contributed by atoms with Gasteiger partial charge >= 0.3 is 5.97 Å². The number of nitrogens with zero attached hydrogens (tertiary/aromatic N) is 3. The number of aryl methyl sites for hydroxylation is 1. The van der Waals surface area contributed by atoms with Crippen molar-refractivity contribution in [2.45, 2.75) is 94.3 Å². The van der Waals surface area contributed by atoms with E-state index in [1.807, 2.05) is 26.8 Å². The van der Waals surface area contributed by atoms with Gasteiger partial charge in [0.1, 0.15) is 27.4 Å². The molecule has 0 aliphatic rings. The van der Waals surface area contributed by atoms with Crippen molar-refractivity contribution in [1.29, 1.82) is 0 Å². The predicted octanol–water partition coefficient (Wildman–Crippen LogP) is 7.09. The SMILES string of the molecule is CCCCCCCCOC(=O)CCc1cc(-n2nc3cccc(S(=O)(=O)c4ccccc4)c3n2)c(O)c(C(C)(C)C)c1. The molecule has 0 atom stereocenters. The number of carbonyl (C=O) groups is 1. The highest BCUT2D eigenvalue weighted by molar-refractivity contribution is 7.91. The van der Waals surface area contributed by atoms with E-state index in [2.05, 4.69) is 17.1 Å². The van der Waals surface area contributed by atoms with E-state index in [1.165, 1.54) is 30.1 Å². The lowest BCUT2D eigenvalue weighted by Gasteiger charge is -2.23. The fourth-order valence-electron chi connectivity index (χ4n) is 4.90. The molecule has 1 heterocycles. The van der Waals surface area contributed by atoms with Crippen LogP contribution < -0.4 is 0 Å². The van der Waals surface area contributed by atoms with E-state index in [0.29, 0.717) is 29.8 Å². The van der Waals surface area contributed by atoms with Crippen LogP contribution in [0.4, 0.5) is 0 Å². The standard InChI is InChI=1S/C33H41N3O5S/c1-5-6-7-8-9-13-21-41-30(37)20-19-24-22-26(33(2,3)4)32(38)28(23-24)36-34-27-17-14-18-29(31(27)35-36)42(39,40)25-15-11-10-12-16-25/h10-12,14-18,22-23,38H,5-9,13,19-21H2,1-4H3. The number of esters is 1. The number of sulfone groups is 1. The second-order valence-electron chi connectivity index (χ2n) is 11.7. The van der Waals surface area contributed by atoms with Gasteiger partial charge in [-0.25, -0.2) is 8.42 Å². The third-order valence-electron chi connectivity index (χ3n) is 7.27. The van der Waals surface area contributed by atoms with Crippen LogP contribution in [0.1, 0.15) is 83.8 Å². The minimum absolute atomic E-state index is 0.00433. The maximum atomic E-state index is 13.4. The van der Waals surface area contributed by atoms with E-state index in [-0.39, 0.29) is 33.4 Å². The number of hydrogen-bond donors (Lipinski definition) is 1. The first-order valence-electron chi connectivity index (χ1n) is 14.7. The van der Waals surface area contributed by atoms with Crippen molar-refractivity contribution < 1.29 is 23.1 Å². The van der Waals surface area contributed by atoms with Crippen molar-refractivity contribution in [3.63, 3.8) is 0 Å². The van der Waals surface area contributed by atoms with Crippen LogP contribution in [0.2, 0.25) is 0 Å². The summed E-state index contributed by atoms with van der Waals surface area (Å²) in [6.07, 6.45) is 7.37. The third kappa shape index (κ3) is 7.37. The number of benzene rings is 3. The Morgan fingerprint density at radius 1 is 0.929 bits per heavy atom. The minimum Gasteiger partial charge on any atom is -0.505 e. The lowest BCUT2D eigenvalue weighted by molar-refractivity contribution is -0.143. The van der Waals surface area contributed by atoms with Gasteiger partial charge in [0.15, 0.2) is 0 Å². The number of unbranched alkanes of at least 4 members (excludes halogenated alkanes) is 5. The number of fused-ring (bicyclic) bond motifs is 1. The molecule has 0 aliphatic heterocycles. The normalized spacial score (nSPS) is 12.1. The summed E-state index contributed by atoms with van der Waals surface area (Å²) in [6.45, 7) is 8.58. The average Bonchev–Trinajstić information content (AvgIpc) is 3.40. The Morgan fingerprint density at radius 3 is 2.36 bits per heavy atom. The molecule has 3 aromatic carbocycles. The molecule has 0 amide bonds. The molecule has 4 aromatic rings. The zero-order chi connectivity index (χ0) is 30.3. The molecule has 0 unspecified atom stereocenters. The van der Waals surface area contributed by atoms with E-state index in [1.54, 1.807) is 48.5 Å². The summed E-state index contributed by atoms with van der Waals surface area (Å²) in [5.41, 5.74) is 1.99. The van der Waals surface area contributed by atoms with Crippen LogP contribution in [-0.2, 0) is 31.2 Å². The molecule has 1 aromatic heterocycles. The van der Waals surface area contributed by atoms with E-state index in [0.717, 1.165) is 24.8 Å². The highest BCUT2D eigenvalue weighted by Gasteiger charge is 2.26. The zero-order valence-corrected chi connectivity index (χ0v) is 25.8. The first kappa shape index (κ1) is 31.2. The smallest absolute Gasteiger partial charge is 0.306 e. The molecule has 0 saturated heterocycles. The van der Waals surface area contributed by atoms with Crippen molar-refractivity contribution in [3.8, 4) is 11.4 Å². The maximum absolute atomic E-state index is 13.4. The second kappa shape index (κ2) is 13.5. The molecule has 4 rings (SSSR count). The Bertz CT molecular complexity index is 1620. The van der Waals surface area contributed by atoms with E-state index in [4.69, 9.17) is 4.74 Å². The Morgan fingerprint density at radius 2 is 1.64 bits per heavy atom. The number of aromatic hydroxyl groups is 1. The Balaban J connectivity index is 1.60. The van der Waals surface area contributed by atoms with Crippen molar-refractivity contribution in [2.24, 2.45) is 0 Å². The Kier molecular flexibility index (Phi) is 10.0. The topological polar surface area (TPSA) is 111 Å². The maximum Gasteiger partial charge on any atom is 0.306 e. The summed E-state index contributed by atoms with van der Waals surface area (Å²) in [7, 11) is -3.85. The van der Waals surface area contributed by atoms with Crippen LogP contribution in [0.5, 0.6) is 5.75 Å². The summed E-state index contributed by atoms with van der Waals surface area (Å²) in [6, 6.07) is 16.7. The van der Waals surface area contributed by atoms with E-state index >= 15 is 0 Å². The fraction of sp³-hybridized carbons (Fsp3) is 0.424. The van der Waals surface area contributed by atoms with Crippen LogP contribution >= 0.6 is 0 Å². The number of carbonyl (C=O) groups excluding carboxylic acids is 1. The molecule has 0 saturated carbocycles. The highest BCUT2D eigenvalue weighted by atomic mass is 32.2. The molecule has 0 radical (unpaired) electrons. The van der Waals surface area contributed by atoms with Gasteiger partial charge in [0.2, 0.25) is 9.84 Å². The van der Waals surface area contributed by atoms with Crippen LogP contribution in [0.3, 0.4) is 0 Å². The lowest BCUT2D eigenvalue weighted by Crippen LogP contribution is -2.14. The van der Waals surface area contributed by atoms with Gasteiger partial charge in [0.25, 0.3) is 0 Å². The summed E-state index contributed by atoms with van der Waals surface area (Å²) in [4.78, 5) is 13.9. The van der Waals surface area contributed by atoms with Crippen LogP contribution in [0.15, 0.2) is 70.5 Å². The van der Waals surface area contributed by atoms with Crippen molar-refractivity contribution >= 4 is 26.8 Å². The molecule has 8 nitrogen and oxygen atoms in total. The van der Waals surface area contributed by atoms with Gasteiger partial charge in [-0.1, -0.05) is 90.1 Å². The number of ether oxygens (including phenoxy) is 1. The van der Waals surface area contributed by atoms with Gasteiger partial charge in [0.05, 0.1) is 11.5 Å². The number of aromatic nitrogens is 3. The second-order valence-corrected chi connectivity index (χ2v) is 13.6. The molecule has 0 aliphatic carbocycles. The molecule has 0 fully saturated rings.